The van der Waals surface area contributed by atoms with E-state index in [1.54, 1.807) is 30.3 Å². The molecule has 45 heavy (non-hydrogen) atoms. The molecule has 2 amide bonds. The van der Waals surface area contributed by atoms with Crippen molar-refractivity contribution in [1.82, 2.24) is 10.6 Å². The van der Waals surface area contributed by atoms with Gasteiger partial charge in [0.1, 0.15) is 5.82 Å². The number of ether oxygens (including phenoxy) is 1. The molecule has 11 heteroatoms. The van der Waals surface area contributed by atoms with E-state index in [9.17, 15) is 27.2 Å². The van der Waals surface area contributed by atoms with Crippen LogP contribution in [0.25, 0.3) is 0 Å². The topological polar surface area (TPSA) is 87.7 Å². The van der Waals surface area contributed by atoms with Crippen LogP contribution in [0.2, 0.25) is 0 Å². The molecule has 1 saturated carbocycles. The number of unbranched alkanes of at least 4 members (excludes halogenated alkanes) is 3. The number of hydrogen-bond acceptors (Lipinski definition) is 3. The van der Waals surface area contributed by atoms with Crippen molar-refractivity contribution >= 4 is 12.0 Å². The van der Waals surface area contributed by atoms with Crippen LogP contribution >= 0.6 is 0 Å². The molecule has 4 rings (SSSR count). The fraction of sp³-hybridized carbons (Fsp3) is 0.412. The molecule has 242 valence electrons. The van der Waals surface area contributed by atoms with Gasteiger partial charge in [0.05, 0.1) is 17.7 Å². The first-order valence-corrected chi connectivity index (χ1v) is 15.1. The SMILES string of the molecule is O=C(O)CCCCCCOc1cc(C(Cc2ccccc2)(NC(=O)NC2CCCC2)c2cc(F)cc(C(F)(F)F)c2)ccc1F. The van der Waals surface area contributed by atoms with Crippen LogP contribution in [0.1, 0.15) is 80.0 Å². The summed E-state index contributed by atoms with van der Waals surface area (Å²) in [5.41, 5.74) is -2.34. The smallest absolute Gasteiger partial charge is 0.416 e. The van der Waals surface area contributed by atoms with Crippen LogP contribution in [0.5, 0.6) is 5.75 Å². The number of carbonyl (C=O) groups is 2. The molecular weight excluding hydrogens is 595 g/mol. The van der Waals surface area contributed by atoms with E-state index in [-0.39, 0.29) is 42.4 Å². The number of halogens is 5. The molecule has 0 heterocycles. The summed E-state index contributed by atoms with van der Waals surface area (Å²) in [6.07, 6.45) is 0.780. The summed E-state index contributed by atoms with van der Waals surface area (Å²) in [5.74, 6) is -2.92. The predicted molar refractivity (Wildman–Crippen MR) is 159 cm³/mol. The second-order valence-electron chi connectivity index (χ2n) is 11.4. The Balaban J connectivity index is 1.76. The summed E-state index contributed by atoms with van der Waals surface area (Å²) in [4.78, 5) is 24.2. The number of carbonyl (C=O) groups excluding carboxylic acids is 1. The van der Waals surface area contributed by atoms with Crippen LogP contribution in [0.3, 0.4) is 0 Å². The van der Waals surface area contributed by atoms with Crippen molar-refractivity contribution in [3.8, 4) is 5.75 Å². The Kier molecular flexibility index (Phi) is 11.4. The average Bonchev–Trinajstić information content (AvgIpc) is 3.49. The van der Waals surface area contributed by atoms with Crippen molar-refractivity contribution in [3.05, 3.63) is 101 Å². The molecule has 0 aliphatic heterocycles. The van der Waals surface area contributed by atoms with Crippen LogP contribution < -0.4 is 15.4 Å². The molecule has 3 aromatic rings. The Morgan fingerprint density at radius 3 is 2.22 bits per heavy atom. The summed E-state index contributed by atoms with van der Waals surface area (Å²) in [5, 5.41) is 14.6. The van der Waals surface area contributed by atoms with Gasteiger partial charge in [0.2, 0.25) is 0 Å². The first kappa shape index (κ1) is 33.7. The van der Waals surface area contributed by atoms with Gasteiger partial charge in [-0.05, 0) is 72.7 Å². The van der Waals surface area contributed by atoms with E-state index in [4.69, 9.17) is 9.84 Å². The van der Waals surface area contributed by atoms with Gasteiger partial charge in [-0.15, -0.1) is 0 Å². The second-order valence-corrected chi connectivity index (χ2v) is 11.4. The minimum atomic E-state index is -4.87. The van der Waals surface area contributed by atoms with Gasteiger partial charge in [0.25, 0.3) is 0 Å². The summed E-state index contributed by atoms with van der Waals surface area (Å²) < 4.78 is 77.5. The van der Waals surface area contributed by atoms with Crippen molar-refractivity contribution in [2.75, 3.05) is 6.61 Å². The number of carboxylic acid groups (broad SMARTS) is 1. The molecule has 0 spiro atoms. The Labute approximate surface area is 259 Å². The van der Waals surface area contributed by atoms with Gasteiger partial charge in [0.15, 0.2) is 11.6 Å². The summed E-state index contributed by atoms with van der Waals surface area (Å²) in [6, 6.07) is 13.9. The van der Waals surface area contributed by atoms with Gasteiger partial charge < -0.3 is 20.5 Å². The first-order valence-electron chi connectivity index (χ1n) is 15.1. The Hall–Kier alpha value is -4.15. The lowest BCUT2D eigenvalue weighted by molar-refractivity contribution is -0.138. The third kappa shape index (κ3) is 9.42. The zero-order valence-electron chi connectivity index (χ0n) is 24.8. The molecule has 0 saturated heterocycles. The minimum absolute atomic E-state index is 0.0541. The lowest BCUT2D eigenvalue weighted by Crippen LogP contribution is -2.53. The highest BCUT2D eigenvalue weighted by Crippen LogP contribution is 2.40. The van der Waals surface area contributed by atoms with Crippen LogP contribution in [-0.4, -0.2) is 29.8 Å². The van der Waals surface area contributed by atoms with Gasteiger partial charge in [-0.1, -0.05) is 62.1 Å². The van der Waals surface area contributed by atoms with Gasteiger partial charge in [0, 0.05) is 18.9 Å². The number of rotatable bonds is 14. The van der Waals surface area contributed by atoms with Crippen molar-refractivity contribution in [1.29, 1.82) is 0 Å². The number of carboxylic acids is 1. The molecule has 1 atom stereocenters. The molecule has 0 radical (unpaired) electrons. The molecule has 1 aliphatic carbocycles. The molecule has 1 unspecified atom stereocenters. The van der Waals surface area contributed by atoms with Crippen molar-refractivity contribution in [2.24, 2.45) is 0 Å². The molecular formula is C34H37F5N2O4. The zero-order chi connectivity index (χ0) is 32.5. The van der Waals surface area contributed by atoms with Crippen molar-refractivity contribution in [2.45, 2.75) is 82.0 Å². The highest BCUT2D eigenvalue weighted by molar-refractivity contribution is 5.76. The van der Waals surface area contributed by atoms with E-state index >= 15 is 4.39 Å². The third-order valence-electron chi connectivity index (χ3n) is 8.01. The molecule has 0 aromatic heterocycles. The van der Waals surface area contributed by atoms with E-state index < -0.39 is 40.9 Å². The van der Waals surface area contributed by atoms with E-state index in [2.05, 4.69) is 10.6 Å². The zero-order valence-corrected chi connectivity index (χ0v) is 24.8. The standard InChI is InChI=1S/C34H37F5N2O4/c35-27-19-25(18-26(20-27)34(37,38)39)33(22-23-10-4-3-5-11-23,41-32(44)40-28-12-7-8-13-28)24-15-16-29(36)30(21-24)45-17-9-2-1-6-14-31(42)43/h3-5,10-11,15-16,18-21,28H,1-2,6-9,12-14,17,22H2,(H,42,43)(H2,40,41,44). The van der Waals surface area contributed by atoms with Crippen LogP contribution in [-0.2, 0) is 22.9 Å². The maximum atomic E-state index is 15.0. The number of hydrogen-bond donors (Lipinski definition) is 3. The summed E-state index contributed by atoms with van der Waals surface area (Å²) in [7, 11) is 0. The molecule has 3 N–H and O–H groups in total. The molecule has 1 aliphatic rings. The van der Waals surface area contributed by atoms with Gasteiger partial charge in [-0.3, -0.25) is 4.79 Å². The van der Waals surface area contributed by atoms with E-state index in [0.717, 1.165) is 43.9 Å². The Morgan fingerprint density at radius 2 is 1.53 bits per heavy atom. The molecule has 1 fully saturated rings. The third-order valence-corrected chi connectivity index (χ3v) is 8.01. The summed E-state index contributed by atoms with van der Waals surface area (Å²) >= 11 is 0. The molecule has 3 aromatic carbocycles. The van der Waals surface area contributed by atoms with E-state index in [1.807, 2.05) is 0 Å². The maximum Gasteiger partial charge on any atom is 0.416 e. The van der Waals surface area contributed by atoms with Gasteiger partial charge >= 0.3 is 18.2 Å². The van der Waals surface area contributed by atoms with E-state index in [0.29, 0.717) is 37.3 Å². The normalized spacial score (nSPS) is 15.0. The van der Waals surface area contributed by atoms with Crippen LogP contribution in [0, 0.1) is 11.6 Å². The number of urea groups is 1. The quantitative estimate of drug-likeness (QED) is 0.124. The fourth-order valence-electron chi connectivity index (χ4n) is 5.74. The highest BCUT2D eigenvalue weighted by atomic mass is 19.4. The maximum absolute atomic E-state index is 15.0. The number of nitrogens with one attached hydrogen (secondary N) is 2. The lowest BCUT2D eigenvalue weighted by atomic mass is 9.77. The van der Waals surface area contributed by atoms with Crippen LogP contribution in [0.4, 0.5) is 26.7 Å². The number of benzene rings is 3. The Morgan fingerprint density at radius 1 is 0.844 bits per heavy atom. The first-order chi connectivity index (χ1) is 21.5. The van der Waals surface area contributed by atoms with Gasteiger partial charge in [-0.25, -0.2) is 13.6 Å². The van der Waals surface area contributed by atoms with E-state index in [1.165, 1.54) is 12.1 Å². The predicted octanol–water partition coefficient (Wildman–Crippen LogP) is 8.13. The molecule has 0 bridgehead atoms. The highest BCUT2D eigenvalue weighted by Gasteiger charge is 2.40. The average molecular weight is 633 g/mol. The monoisotopic (exact) mass is 632 g/mol. The number of amides is 2. The lowest BCUT2D eigenvalue weighted by Gasteiger charge is -2.37. The Bertz CT molecular complexity index is 1440. The second kappa shape index (κ2) is 15.2. The minimum Gasteiger partial charge on any atom is -0.491 e. The fourth-order valence-corrected chi connectivity index (χ4v) is 5.74. The summed E-state index contributed by atoms with van der Waals surface area (Å²) in [6.45, 7) is 0.104. The number of aliphatic carboxylic acids is 1. The van der Waals surface area contributed by atoms with Crippen LogP contribution in [0.15, 0.2) is 66.7 Å². The number of alkyl halides is 3. The van der Waals surface area contributed by atoms with Crippen molar-refractivity contribution < 1.29 is 41.4 Å². The van der Waals surface area contributed by atoms with Gasteiger partial charge in [-0.2, -0.15) is 13.2 Å². The van der Waals surface area contributed by atoms with Crippen molar-refractivity contribution in [3.63, 3.8) is 0 Å². The largest absolute Gasteiger partial charge is 0.491 e. The molecule has 6 nitrogen and oxygen atoms in total.